The van der Waals surface area contributed by atoms with Gasteiger partial charge in [0.15, 0.2) is 0 Å². The highest BCUT2D eigenvalue weighted by Gasteiger charge is 2.48. The van der Waals surface area contributed by atoms with Gasteiger partial charge < -0.3 is 14.2 Å². The molecule has 9 nitrogen and oxygen atoms in total. The zero-order chi connectivity index (χ0) is 27.5. The molecule has 0 bridgehead atoms. The Balaban J connectivity index is 1.54. The van der Waals surface area contributed by atoms with E-state index in [0.29, 0.717) is 31.0 Å². The molecule has 3 aromatic heterocycles. The fraction of sp³-hybridized carbons (Fsp3) is 0.385. The predicted molar refractivity (Wildman–Crippen MR) is 132 cm³/mol. The van der Waals surface area contributed by atoms with Crippen molar-refractivity contribution in [3.05, 3.63) is 82.6 Å². The fourth-order valence-electron chi connectivity index (χ4n) is 4.83. The van der Waals surface area contributed by atoms with Crippen molar-refractivity contribution in [1.29, 1.82) is 0 Å². The van der Waals surface area contributed by atoms with Crippen LogP contribution in [-0.2, 0) is 29.8 Å². The number of aryl methyl sites for hydroxylation is 1. The molecule has 5 rings (SSSR count). The van der Waals surface area contributed by atoms with Gasteiger partial charge in [-0.3, -0.25) is 8.97 Å². The maximum Gasteiger partial charge on any atom is 0.418 e. The van der Waals surface area contributed by atoms with Crippen LogP contribution in [0.3, 0.4) is 0 Å². The van der Waals surface area contributed by atoms with Crippen LogP contribution < -0.4 is 5.69 Å². The number of halogens is 3. The summed E-state index contributed by atoms with van der Waals surface area (Å²) in [6, 6.07) is 9.22. The Kier molecular flexibility index (Phi) is 5.88. The topological polar surface area (TPSA) is 86.7 Å². The number of nitrogens with zero attached hydrogens (tertiary/aromatic N) is 6. The second-order valence-corrected chi connectivity index (χ2v) is 10.7. The quantitative estimate of drug-likeness (QED) is 0.400. The number of fused-ring (bicyclic) bond motifs is 1. The zero-order valence-corrected chi connectivity index (χ0v) is 21.4. The van der Waals surface area contributed by atoms with Gasteiger partial charge >= 0.3 is 18.0 Å². The molecule has 4 aromatic rings. The van der Waals surface area contributed by atoms with Crippen LogP contribution in [0.5, 0.6) is 0 Å². The van der Waals surface area contributed by atoms with Gasteiger partial charge in [-0.1, -0.05) is 12.1 Å². The third-order valence-electron chi connectivity index (χ3n) is 6.68. The number of carbonyl (C=O) groups is 1. The Morgan fingerprint density at radius 2 is 1.87 bits per heavy atom. The zero-order valence-electron chi connectivity index (χ0n) is 21.4. The number of carbonyl (C=O) groups excluding carboxylic acids is 1. The number of hydrogen-bond donors (Lipinski definition) is 0. The highest BCUT2D eigenvalue weighted by Crippen LogP contribution is 2.39. The van der Waals surface area contributed by atoms with E-state index in [1.54, 1.807) is 54.8 Å². The monoisotopic (exact) mass is 528 g/mol. The maximum absolute atomic E-state index is 13.6. The van der Waals surface area contributed by atoms with Gasteiger partial charge in [0.2, 0.25) is 0 Å². The Morgan fingerprint density at radius 3 is 2.50 bits per heavy atom. The first kappa shape index (κ1) is 25.6. The molecule has 0 unspecified atom stereocenters. The van der Waals surface area contributed by atoms with E-state index >= 15 is 0 Å². The summed E-state index contributed by atoms with van der Waals surface area (Å²) in [5, 5.41) is 8.16. The molecule has 0 spiro atoms. The van der Waals surface area contributed by atoms with Gasteiger partial charge in [0.05, 0.1) is 16.8 Å². The molecule has 1 saturated heterocycles. The Labute approximate surface area is 216 Å². The number of pyridine rings is 1. The summed E-state index contributed by atoms with van der Waals surface area (Å²) < 4.78 is 50.2. The van der Waals surface area contributed by atoms with Gasteiger partial charge in [0.25, 0.3) is 0 Å². The number of benzene rings is 1. The maximum atomic E-state index is 13.6. The molecule has 1 aliphatic heterocycles. The molecule has 0 aliphatic carbocycles. The minimum Gasteiger partial charge on any atom is -0.444 e. The summed E-state index contributed by atoms with van der Waals surface area (Å²) in [5.74, 6) is 0.709. The lowest BCUT2D eigenvalue weighted by Crippen LogP contribution is -2.63. The minimum atomic E-state index is -4.61. The summed E-state index contributed by atoms with van der Waals surface area (Å²) in [6.45, 7) is 6.06. The average Bonchev–Trinajstić information content (AvgIpc) is 3.36. The summed E-state index contributed by atoms with van der Waals surface area (Å²) in [4.78, 5) is 27.4. The van der Waals surface area contributed by atoms with Gasteiger partial charge in [-0.2, -0.15) is 13.2 Å². The highest BCUT2D eigenvalue weighted by molar-refractivity contribution is 5.70. The first-order chi connectivity index (χ1) is 17.8. The van der Waals surface area contributed by atoms with E-state index in [1.807, 2.05) is 13.1 Å². The Morgan fingerprint density at radius 1 is 1.13 bits per heavy atom. The smallest absolute Gasteiger partial charge is 0.418 e. The third kappa shape index (κ3) is 4.54. The molecule has 12 heteroatoms. The van der Waals surface area contributed by atoms with Crippen LogP contribution in [0, 0.1) is 0 Å². The number of hydrogen-bond acceptors (Lipinski definition) is 5. The molecule has 0 saturated carbocycles. The van der Waals surface area contributed by atoms with Crippen LogP contribution in [0.15, 0.2) is 59.9 Å². The van der Waals surface area contributed by atoms with Crippen molar-refractivity contribution in [2.24, 2.45) is 7.05 Å². The summed E-state index contributed by atoms with van der Waals surface area (Å²) in [5.41, 5.74) is -1.72. The van der Waals surface area contributed by atoms with Crippen LogP contribution in [0.2, 0.25) is 0 Å². The molecule has 1 aliphatic rings. The highest BCUT2D eigenvalue weighted by atomic mass is 19.4. The molecule has 0 atom stereocenters. The number of aromatic nitrogens is 5. The second-order valence-electron chi connectivity index (χ2n) is 10.7. The van der Waals surface area contributed by atoms with Crippen LogP contribution in [0.1, 0.15) is 37.7 Å². The summed E-state index contributed by atoms with van der Waals surface area (Å²) in [7, 11) is 1.83. The molecule has 38 heavy (non-hydrogen) atoms. The predicted octanol–water partition coefficient (Wildman–Crippen LogP) is 3.97. The van der Waals surface area contributed by atoms with Crippen LogP contribution in [0.25, 0.3) is 11.2 Å². The van der Waals surface area contributed by atoms with E-state index in [2.05, 4.69) is 10.2 Å². The van der Waals surface area contributed by atoms with Crippen molar-refractivity contribution < 1.29 is 22.7 Å². The average molecular weight is 529 g/mol. The van der Waals surface area contributed by atoms with Gasteiger partial charge in [-0.25, -0.2) is 9.59 Å². The third-order valence-corrected chi connectivity index (χ3v) is 6.68. The van der Waals surface area contributed by atoms with Crippen molar-refractivity contribution in [3.8, 4) is 5.69 Å². The number of ether oxygens (including phenoxy) is 1. The molecule has 1 fully saturated rings. The van der Waals surface area contributed by atoms with Crippen molar-refractivity contribution in [1.82, 2.24) is 28.6 Å². The molecule has 1 aromatic carbocycles. The number of imidazole rings is 1. The molecular formula is C26H27F3N6O3. The normalized spacial score (nSPS) is 15.5. The summed E-state index contributed by atoms with van der Waals surface area (Å²) >= 11 is 0. The van der Waals surface area contributed by atoms with E-state index in [1.165, 1.54) is 23.0 Å². The van der Waals surface area contributed by atoms with E-state index in [-0.39, 0.29) is 5.52 Å². The molecule has 200 valence electrons. The molecular weight excluding hydrogens is 501 g/mol. The van der Waals surface area contributed by atoms with Crippen molar-refractivity contribution in [2.75, 3.05) is 13.1 Å². The van der Waals surface area contributed by atoms with Gasteiger partial charge in [-0.15, -0.1) is 10.2 Å². The standard InChI is InChI=1S/C26H27F3N6O3/c1-24(2,3)38-23(37)33-14-25(15-33,12-21-31-30-16-32(21)4)17-7-5-8-18(11-17)35-13-20-19(26(27,28)29)9-6-10-34(20)22(35)36/h5-11,13,16H,12,14-15H2,1-4H3. The lowest BCUT2D eigenvalue weighted by molar-refractivity contribution is -0.136. The van der Waals surface area contributed by atoms with Crippen LogP contribution >= 0.6 is 0 Å². The lowest BCUT2D eigenvalue weighted by Gasteiger charge is -2.50. The Bertz CT molecular complexity index is 1570. The van der Waals surface area contributed by atoms with E-state index in [9.17, 15) is 22.8 Å². The van der Waals surface area contributed by atoms with E-state index in [4.69, 9.17) is 4.74 Å². The number of likely N-dealkylation sites (tertiary alicyclic amines) is 1. The SMILES string of the molecule is Cn1cnnc1CC1(c2cccc(-n3cc4c(C(F)(F)F)cccn4c3=O)c2)CN(C(=O)OC(C)(C)C)C1. The Hall–Kier alpha value is -4.09. The first-order valence-corrected chi connectivity index (χ1v) is 12.0. The van der Waals surface area contributed by atoms with Gasteiger partial charge in [0.1, 0.15) is 17.8 Å². The van der Waals surface area contributed by atoms with E-state index in [0.717, 1.165) is 16.0 Å². The second kappa shape index (κ2) is 8.74. The summed E-state index contributed by atoms with van der Waals surface area (Å²) in [6.07, 6.45) is -0.479. The van der Waals surface area contributed by atoms with Crippen molar-refractivity contribution >= 4 is 11.6 Å². The molecule has 1 amide bonds. The van der Waals surface area contributed by atoms with Crippen LogP contribution in [-0.4, -0.2) is 53.4 Å². The first-order valence-electron chi connectivity index (χ1n) is 12.0. The number of amides is 1. The van der Waals surface area contributed by atoms with Crippen LogP contribution in [0.4, 0.5) is 18.0 Å². The number of rotatable bonds is 4. The minimum absolute atomic E-state index is 0.232. The van der Waals surface area contributed by atoms with Gasteiger partial charge in [0, 0.05) is 44.4 Å². The lowest BCUT2D eigenvalue weighted by atomic mass is 9.71. The largest absolute Gasteiger partial charge is 0.444 e. The number of alkyl halides is 3. The molecule has 4 heterocycles. The molecule has 0 N–H and O–H groups in total. The van der Waals surface area contributed by atoms with Crippen molar-refractivity contribution in [3.63, 3.8) is 0 Å². The van der Waals surface area contributed by atoms with E-state index < -0.39 is 34.5 Å². The van der Waals surface area contributed by atoms with Crippen molar-refractivity contribution in [2.45, 2.75) is 44.4 Å². The molecule has 0 radical (unpaired) electrons. The van der Waals surface area contributed by atoms with Gasteiger partial charge in [-0.05, 0) is 50.6 Å². The fourth-order valence-corrected chi connectivity index (χ4v) is 4.83.